The quantitative estimate of drug-likeness (QED) is 0.691. The Labute approximate surface area is 86.6 Å². The summed E-state index contributed by atoms with van der Waals surface area (Å²) < 4.78 is 0. The van der Waals surface area contributed by atoms with Crippen LogP contribution in [-0.4, -0.2) is 19.1 Å². The van der Waals surface area contributed by atoms with Gasteiger partial charge < -0.3 is 11.1 Å². The number of hydrogen-bond donors (Lipinski definition) is 2. The second-order valence-corrected chi connectivity index (χ2v) is 3.52. The van der Waals surface area contributed by atoms with E-state index in [4.69, 9.17) is 17.3 Å². The van der Waals surface area contributed by atoms with Crippen LogP contribution in [0.3, 0.4) is 0 Å². The zero-order chi connectivity index (χ0) is 10.1. The van der Waals surface area contributed by atoms with E-state index in [1.54, 1.807) is 23.1 Å². The van der Waals surface area contributed by atoms with E-state index in [2.05, 4.69) is 5.32 Å². The lowest BCUT2D eigenvalue weighted by atomic mass is 10.2. The summed E-state index contributed by atoms with van der Waals surface area (Å²) >= 11 is 5.76. The molecule has 1 fully saturated rings. The smallest absolute Gasteiger partial charge is 0.322 e. The average molecular weight is 212 g/mol. The second kappa shape index (κ2) is 3.38. The van der Waals surface area contributed by atoms with Gasteiger partial charge in [-0.15, -0.1) is 0 Å². The summed E-state index contributed by atoms with van der Waals surface area (Å²) in [6.45, 7) is 1.30. The van der Waals surface area contributed by atoms with E-state index in [9.17, 15) is 4.79 Å². The molecule has 0 bridgehead atoms. The number of hydrogen-bond acceptors (Lipinski definition) is 2. The van der Waals surface area contributed by atoms with Crippen molar-refractivity contribution in [2.75, 3.05) is 23.7 Å². The Morgan fingerprint density at radius 3 is 2.86 bits per heavy atom. The van der Waals surface area contributed by atoms with Gasteiger partial charge in [0.15, 0.2) is 0 Å². The SMILES string of the molecule is Nc1cc(Cl)ccc1N1CCNC1=O. The summed E-state index contributed by atoms with van der Waals surface area (Å²) in [5.74, 6) is 0. The number of benzene rings is 1. The molecule has 0 aromatic heterocycles. The summed E-state index contributed by atoms with van der Waals surface area (Å²) in [4.78, 5) is 12.9. The maximum absolute atomic E-state index is 11.3. The molecule has 0 saturated carbocycles. The number of nitrogens with two attached hydrogens (primary N) is 1. The van der Waals surface area contributed by atoms with Crippen molar-refractivity contribution >= 4 is 29.0 Å². The molecule has 0 radical (unpaired) electrons. The second-order valence-electron chi connectivity index (χ2n) is 3.09. The van der Waals surface area contributed by atoms with Gasteiger partial charge in [-0.3, -0.25) is 4.90 Å². The van der Waals surface area contributed by atoms with Gasteiger partial charge in [0.2, 0.25) is 0 Å². The number of carbonyl (C=O) groups excluding carboxylic acids is 1. The highest BCUT2D eigenvalue weighted by atomic mass is 35.5. The monoisotopic (exact) mass is 211 g/mol. The molecular weight excluding hydrogens is 202 g/mol. The lowest BCUT2D eigenvalue weighted by Gasteiger charge is -2.16. The topological polar surface area (TPSA) is 58.4 Å². The zero-order valence-corrected chi connectivity index (χ0v) is 8.21. The molecule has 1 heterocycles. The number of nitrogen functional groups attached to an aromatic ring is 1. The van der Waals surface area contributed by atoms with Crippen molar-refractivity contribution in [1.82, 2.24) is 5.32 Å². The number of carbonyl (C=O) groups is 1. The minimum Gasteiger partial charge on any atom is -0.397 e. The summed E-state index contributed by atoms with van der Waals surface area (Å²) in [6, 6.07) is 5.00. The first-order valence-corrected chi connectivity index (χ1v) is 4.66. The molecular formula is C9H10ClN3O. The van der Waals surface area contributed by atoms with Crippen LogP contribution >= 0.6 is 11.6 Å². The fourth-order valence-electron chi connectivity index (χ4n) is 1.47. The number of urea groups is 1. The van der Waals surface area contributed by atoms with Crippen LogP contribution in [0.4, 0.5) is 16.2 Å². The van der Waals surface area contributed by atoms with Gasteiger partial charge >= 0.3 is 6.03 Å². The standard InChI is InChI=1S/C9H10ClN3O/c10-6-1-2-8(7(11)5-6)13-4-3-12-9(13)14/h1-2,5H,3-4,11H2,(H,12,14). The Hall–Kier alpha value is -1.42. The van der Waals surface area contributed by atoms with Gasteiger partial charge in [-0.1, -0.05) is 11.6 Å². The van der Waals surface area contributed by atoms with Crippen LogP contribution in [0.25, 0.3) is 0 Å². The molecule has 0 spiro atoms. The highest BCUT2D eigenvalue weighted by molar-refractivity contribution is 6.31. The molecule has 4 nitrogen and oxygen atoms in total. The number of halogens is 1. The first-order valence-electron chi connectivity index (χ1n) is 4.29. The van der Waals surface area contributed by atoms with Crippen LogP contribution in [0.1, 0.15) is 0 Å². The summed E-state index contributed by atoms with van der Waals surface area (Å²) in [7, 11) is 0. The van der Waals surface area contributed by atoms with E-state index < -0.39 is 0 Å². The Kier molecular flexibility index (Phi) is 2.21. The molecule has 3 N–H and O–H groups in total. The minimum absolute atomic E-state index is 0.112. The van der Waals surface area contributed by atoms with Crippen molar-refractivity contribution in [2.24, 2.45) is 0 Å². The molecule has 2 amide bonds. The highest BCUT2D eigenvalue weighted by Gasteiger charge is 2.22. The molecule has 1 aromatic rings. The lowest BCUT2D eigenvalue weighted by molar-refractivity contribution is 0.252. The van der Waals surface area contributed by atoms with Crippen molar-refractivity contribution in [1.29, 1.82) is 0 Å². The number of anilines is 2. The summed E-state index contributed by atoms with van der Waals surface area (Å²) in [6.07, 6.45) is 0. The van der Waals surface area contributed by atoms with Crippen LogP contribution in [0.15, 0.2) is 18.2 Å². The van der Waals surface area contributed by atoms with E-state index >= 15 is 0 Å². The van der Waals surface area contributed by atoms with E-state index in [1.165, 1.54) is 0 Å². The van der Waals surface area contributed by atoms with Gasteiger partial charge in [-0.2, -0.15) is 0 Å². The molecule has 0 atom stereocenters. The van der Waals surface area contributed by atoms with Crippen molar-refractivity contribution < 1.29 is 4.79 Å². The normalized spacial score (nSPS) is 15.8. The number of nitrogens with zero attached hydrogens (tertiary/aromatic N) is 1. The molecule has 2 rings (SSSR count). The molecule has 0 aliphatic carbocycles. The fourth-order valence-corrected chi connectivity index (χ4v) is 1.65. The van der Waals surface area contributed by atoms with E-state index in [0.29, 0.717) is 29.5 Å². The molecule has 74 valence electrons. The Bertz CT molecular complexity index is 380. The van der Waals surface area contributed by atoms with E-state index in [1.807, 2.05) is 0 Å². The van der Waals surface area contributed by atoms with Gasteiger partial charge in [0.05, 0.1) is 11.4 Å². The largest absolute Gasteiger partial charge is 0.397 e. The molecule has 1 saturated heterocycles. The molecule has 14 heavy (non-hydrogen) atoms. The average Bonchev–Trinajstić information content (AvgIpc) is 2.52. The molecule has 1 aliphatic heterocycles. The number of amides is 2. The maximum Gasteiger partial charge on any atom is 0.322 e. The Morgan fingerprint density at radius 2 is 2.29 bits per heavy atom. The van der Waals surface area contributed by atoms with Gasteiger partial charge in [0.1, 0.15) is 0 Å². The van der Waals surface area contributed by atoms with Crippen molar-refractivity contribution in [3.05, 3.63) is 23.2 Å². The third-order valence-electron chi connectivity index (χ3n) is 2.14. The van der Waals surface area contributed by atoms with Gasteiger partial charge in [-0.05, 0) is 18.2 Å². The maximum atomic E-state index is 11.3. The third-order valence-corrected chi connectivity index (χ3v) is 2.37. The van der Waals surface area contributed by atoms with Crippen LogP contribution in [-0.2, 0) is 0 Å². The Balaban J connectivity index is 2.36. The van der Waals surface area contributed by atoms with Crippen LogP contribution < -0.4 is 16.0 Å². The van der Waals surface area contributed by atoms with Crippen molar-refractivity contribution in [2.45, 2.75) is 0 Å². The summed E-state index contributed by atoms with van der Waals surface area (Å²) in [5.41, 5.74) is 6.99. The molecule has 1 aromatic carbocycles. The van der Waals surface area contributed by atoms with Gasteiger partial charge in [-0.25, -0.2) is 4.79 Å². The van der Waals surface area contributed by atoms with Crippen LogP contribution in [0.5, 0.6) is 0 Å². The lowest BCUT2D eigenvalue weighted by Crippen LogP contribution is -2.28. The van der Waals surface area contributed by atoms with E-state index in [-0.39, 0.29) is 6.03 Å². The minimum atomic E-state index is -0.112. The fraction of sp³-hybridized carbons (Fsp3) is 0.222. The highest BCUT2D eigenvalue weighted by Crippen LogP contribution is 2.27. The van der Waals surface area contributed by atoms with Crippen LogP contribution in [0, 0.1) is 0 Å². The first-order chi connectivity index (χ1) is 6.68. The van der Waals surface area contributed by atoms with Crippen molar-refractivity contribution in [3.8, 4) is 0 Å². The van der Waals surface area contributed by atoms with Crippen molar-refractivity contribution in [3.63, 3.8) is 0 Å². The number of nitrogens with one attached hydrogen (secondary N) is 1. The number of rotatable bonds is 1. The summed E-state index contributed by atoms with van der Waals surface area (Å²) in [5, 5.41) is 3.28. The third kappa shape index (κ3) is 1.48. The van der Waals surface area contributed by atoms with Gasteiger partial charge in [0, 0.05) is 18.1 Å². The first kappa shape index (κ1) is 9.15. The zero-order valence-electron chi connectivity index (χ0n) is 7.46. The predicted molar refractivity (Wildman–Crippen MR) is 56.6 cm³/mol. The molecule has 0 unspecified atom stereocenters. The predicted octanol–water partition coefficient (Wildman–Crippen LogP) is 1.45. The molecule has 1 aliphatic rings. The van der Waals surface area contributed by atoms with E-state index in [0.717, 1.165) is 0 Å². The Morgan fingerprint density at radius 1 is 1.50 bits per heavy atom. The van der Waals surface area contributed by atoms with Gasteiger partial charge in [0.25, 0.3) is 0 Å². The molecule has 5 heteroatoms. The van der Waals surface area contributed by atoms with Crippen LogP contribution in [0.2, 0.25) is 5.02 Å².